The number of ether oxygens (including phenoxy) is 2. The highest BCUT2D eigenvalue weighted by molar-refractivity contribution is 7.87. The number of allylic oxidation sites excluding steroid dienone is 6. The molecule has 0 saturated heterocycles. The number of anilines is 1. The van der Waals surface area contributed by atoms with Gasteiger partial charge in [0.05, 0.1) is 35.2 Å². The Hall–Kier alpha value is -4.87. The van der Waals surface area contributed by atoms with E-state index in [1.54, 1.807) is 50.6 Å². The van der Waals surface area contributed by atoms with E-state index < -0.39 is 58.9 Å². The molecule has 0 aliphatic carbocycles. The van der Waals surface area contributed by atoms with Crippen LogP contribution in [0.3, 0.4) is 0 Å². The summed E-state index contributed by atoms with van der Waals surface area (Å²) in [6.45, 7) is 5.07. The van der Waals surface area contributed by atoms with E-state index in [9.17, 15) is 44.8 Å². The van der Waals surface area contributed by atoms with Gasteiger partial charge in [-0.25, -0.2) is 4.79 Å². The summed E-state index contributed by atoms with van der Waals surface area (Å²) in [6.07, 6.45) is 10.1. The summed E-state index contributed by atoms with van der Waals surface area (Å²) in [7, 11) is -7.16. The van der Waals surface area contributed by atoms with Crippen LogP contribution in [0, 0.1) is 0 Å². The molecule has 3 aromatic rings. The first-order valence-electron chi connectivity index (χ1n) is 19.8. The van der Waals surface area contributed by atoms with Crippen LogP contribution < -0.4 is 9.74 Å². The van der Waals surface area contributed by atoms with Crippen molar-refractivity contribution in [3.8, 4) is 11.8 Å². The highest BCUT2D eigenvalue weighted by Gasteiger charge is 2.48. The fourth-order valence-corrected chi connectivity index (χ4v) is 9.90. The third-order valence-electron chi connectivity index (χ3n) is 11.4. The van der Waals surface area contributed by atoms with Gasteiger partial charge in [-0.05, 0) is 81.5 Å². The molecule has 2 aliphatic rings. The lowest BCUT2D eigenvalue weighted by atomic mass is 9.76. The van der Waals surface area contributed by atoms with E-state index in [4.69, 9.17) is 18.5 Å². The Balaban J connectivity index is 1.54. The summed E-state index contributed by atoms with van der Waals surface area (Å²) in [5, 5.41) is 19.8. The van der Waals surface area contributed by atoms with Gasteiger partial charge < -0.3 is 29.4 Å². The molecule has 344 valence electrons. The van der Waals surface area contributed by atoms with Crippen molar-refractivity contribution in [1.29, 1.82) is 0 Å². The van der Waals surface area contributed by atoms with Crippen LogP contribution in [0.25, 0.3) is 0 Å². The van der Waals surface area contributed by atoms with Crippen molar-refractivity contribution in [3.63, 3.8) is 0 Å². The van der Waals surface area contributed by atoms with Crippen molar-refractivity contribution in [2.75, 3.05) is 65.4 Å². The Kier molecular flexibility index (Phi) is 15.5. The number of methoxy groups -OCH3 is 2. The van der Waals surface area contributed by atoms with Gasteiger partial charge in [-0.1, -0.05) is 18.2 Å². The Morgan fingerprint density at radius 1 is 0.778 bits per heavy atom. The first kappa shape index (κ1) is 49.2. The van der Waals surface area contributed by atoms with Crippen LogP contribution in [0.5, 0.6) is 11.8 Å². The van der Waals surface area contributed by atoms with E-state index in [2.05, 4.69) is 4.18 Å². The lowest BCUT2D eigenvalue weighted by Crippen LogP contribution is -2.32. The van der Waals surface area contributed by atoms with Crippen molar-refractivity contribution in [1.82, 2.24) is 4.73 Å². The molecule has 3 heterocycles. The van der Waals surface area contributed by atoms with Gasteiger partial charge in [0, 0.05) is 80.4 Å². The first-order valence-corrected chi connectivity index (χ1v) is 24.2. The molecule has 0 saturated carbocycles. The molecule has 2 atom stereocenters. The molecule has 0 amide bonds. The summed E-state index contributed by atoms with van der Waals surface area (Å²) in [4.78, 5) is 19.5. The van der Waals surface area contributed by atoms with E-state index in [0.29, 0.717) is 53.2 Å². The smallest absolute Gasteiger partial charge is 0.333 e. The molecule has 0 bridgehead atoms. The monoisotopic (exact) mass is 936 g/mol. The second kappa shape index (κ2) is 19.9. The number of aromatic nitrogens is 1. The van der Waals surface area contributed by atoms with Gasteiger partial charge in [0.15, 0.2) is 12.3 Å². The van der Waals surface area contributed by atoms with Crippen molar-refractivity contribution in [3.05, 3.63) is 95.7 Å². The van der Waals surface area contributed by atoms with E-state index >= 15 is 0 Å². The number of aromatic hydroxyl groups is 2. The average molecular weight is 937 g/mol. The topological polar surface area (TPSA) is 238 Å². The maximum atomic E-state index is 12.8. The van der Waals surface area contributed by atoms with Crippen LogP contribution in [0.15, 0.2) is 94.4 Å². The second-order valence-electron chi connectivity index (χ2n) is 15.3. The minimum absolute atomic E-state index is 0.0540. The van der Waals surface area contributed by atoms with Crippen molar-refractivity contribution < 1.29 is 72.1 Å². The molecule has 2 aromatic carbocycles. The van der Waals surface area contributed by atoms with E-state index in [1.165, 1.54) is 30.3 Å². The summed E-state index contributed by atoms with van der Waals surface area (Å²) >= 11 is 0. The number of fused-ring (bicyclic) bond motifs is 2. The number of carbonyl (C=O) groups is 1. The zero-order valence-electron chi connectivity index (χ0n) is 35.9. The minimum Gasteiger partial charge on any atom is -0.492 e. The van der Waals surface area contributed by atoms with Crippen LogP contribution in [-0.2, 0) is 63.8 Å². The van der Waals surface area contributed by atoms with E-state index in [0.717, 1.165) is 25.6 Å². The van der Waals surface area contributed by atoms with Crippen LogP contribution in [-0.4, -0.2) is 122 Å². The van der Waals surface area contributed by atoms with Crippen LogP contribution in [0.1, 0.15) is 57.1 Å². The Morgan fingerprint density at radius 3 is 2.08 bits per heavy atom. The number of hydrogen-bond acceptors (Lipinski definition) is 15. The van der Waals surface area contributed by atoms with Gasteiger partial charge in [-0.15, -0.1) is 4.73 Å². The quantitative estimate of drug-likeness (QED) is 0.0545. The standard InChI is InChI=1S/C42H53N3O15S3/c1-41(21-11-27-61(49,50)58-5)33-29-31(63(54,55)59-6)16-18-35(33)44(24-26-57-4)36(41)12-8-7-9-13-37-42(2,22-25-56-3)32-28-30(62(51,52)53)15-17-34(32)43(37)23-10-14-40(48)60-45-38(46)19-20-39(45)47/h7-9,12-13,15-20,28-29H,10-11,14,21-27H2,1-6H3,(H2-,46,47,51,52,53)/p+1. The summed E-state index contributed by atoms with van der Waals surface area (Å²) in [6, 6.07) is 11.3. The second-order valence-corrected chi connectivity index (χ2v) is 20.3. The third kappa shape index (κ3) is 10.7. The largest absolute Gasteiger partial charge is 0.492 e. The van der Waals surface area contributed by atoms with Gasteiger partial charge >= 0.3 is 5.97 Å². The lowest BCUT2D eigenvalue weighted by molar-refractivity contribution is -0.441. The molecule has 3 N–H and O–H groups in total. The molecule has 2 aliphatic heterocycles. The molecule has 21 heteroatoms. The molecule has 0 fully saturated rings. The van der Waals surface area contributed by atoms with Crippen molar-refractivity contribution >= 4 is 53.4 Å². The van der Waals surface area contributed by atoms with Gasteiger partial charge in [0.25, 0.3) is 30.4 Å². The maximum Gasteiger partial charge on any atom is 0.333 e. The molecular weight excluding hydrogens is 883 g/mol. The molecule has 0 radical (unpaired) electrons. The van der Waals surface area contributed by atoms with Crippen LogP contribution in [0.4, 0.5) is 11.4 Å². The highest BCUT2D eigenvalue weighted by Crippen LogP contribution is 2.51. The van der Waals surface area contributed by atoms with E-state index in [-0.39, 0.29) is 48.0 Å². The fourth-order valence-electron chi connectivity index (χ4n) is 8.04. The molecule has 18 nitrogen and oxygen atoms in total. The predicted molar refractivity (Wildman–Crippen MR) is 232 cm³/mol. The number of nitrogens with zero attached hydrogens (tertiary/aromatic N) is 3. The number of benzene rings is 2. The molecule has 0 spiro atoms. The van der Waals surface area contributed by atoms with Crippen molar-refractivity contribution in [2.45, 2.75) is 66.6 Å². The summed E-state index contributed by atoms with van der Waals surface area (Å²) in [5.41, 5.74) is 2.34. The Morgan fingerprint density at radius 2 is 1.44 bits per heavy atom. The Bertz CT molecular complexity index is 2630. The van der Waals surface area contributed by atoms with Gasteiger partial charge in [-0.3, -0.25) is 12.9 Å². The lowest BCUT2D eigenvalue weighted by Gasteiger charge is -2.30. The first-order chi connectivity index (χ1) is 29.7. The van der Waals surface area contributed by atoms with Gasteiger partial charge in [0.2, 0.25) is 17.4 Å². The zero-order valence-corrected chi connectivity index (χ0v) is 38.3. The Labute approximate surface area is 368 Å². The van der Waals surface area contributed by atoms with Gasteiger partial charge in [0.1, 0.15) is 6.61 Å². The summed E-state index contributed by atoms with van der Waals surface area (Å²) < 4.78 is 108. The normalized spacial score (nSPS) is 19.8. The SMILES string of the molecule is COCC[N+]1=C(C=CC=CC=C2N(CCCC(=O)On3c(O)ccc3O)c3ccc(S(=O)(=O)O)cc3C2(C)CCOC)C(C)(CCCS(=O)(=O)OC)c2cc(S(=O)(=O)OC)ccc21. The predicted octanol–water partition coefficient (Wildman–Crippen LogP) is 4.49. The molecular formula is C42H54N3O15S3+. The van der Waals surface area contributed by atoms with Crippen LogP contribution in [0.2, 0.25) is 0 Å². The zero-order chi connectivity index (χ0) is 46.4. The van der Waals surface area contributed by atoms with E-state index in [1.807, 2.05) is 35.5 Å². The fraction of sp³-hybridized carbons (Fsp3) is 0.429. The summed E-state index contributed by atoms with van der Waals surface area (Å²) in [5.74, 6) is -1.92. The number of carbonyl (C=O) groups excluding carboxylic acids is 1. The van der Waals surface area contributed by atoms with Crippen molar-refractivity contribution in [2.24, 2.45) is 0 Å². The average Bonchev–Trinajstić information content (AvgIpc) is 3.77. The maximum absolute atomic E-state index is 12.8. The van der Waals surface area contributed by atoms with Gasteiger partial charge in [-0.2, -0.15) is 29.8 Å². The highest BCUT2D eigenvalue weighted by atomic mass is 32.2. The number of hydrogen-bond donors (Lipinski definition) is 3. The third-order valence-corrected chi connectivity index (χ3v) is 14.8. The number of rotatable bonds is 22. The molecule has 1 aromatic heterocycles. The van der Waals surface area contributed by atoms with Crippen LogP contribution >= 0.6 is 0 Å². The minimum atomic E-state index is -4.57. The molecule has 2 unspecified atom stereocenters. The molecule has 5 rings (SSSR count). The molecule has 63 heavy (non-hydrogen) atoms.